The maximum absolute atomic E-state index is 12.8. The summed E-state index contributed by atoms with van der Waals surface area (Å²) < 4.78 is 0. The van der Waals surface area contributed by atoms with Crippen LogP contribution in [0.3, 0.4) is 0 Å². The smallest absolute Gasteiger partial charge is 0.227 e. The SMILES string of the molecule is Cc1cc(C)c(NC(=O)C2CCN(Cc3nc4ccccc4[nH]3)CC2)c(C)c1. The van der Waals surface area contributed by atoms with Crippen molar-refractivity contribution in [2.24, 2.45) is 5.92 Å². The second-order valence-corrected chi connectivity index (χ2v) is 8.01. The molecule has 1 fully saturated rings. The Balaban J connectivity index is 1.34. The van der Waals surface area contributed by atoms with Crippen LogP contribution in [0.4, 0.5) is 5.69 Å². The van der Waals surface area contributed by atoms with E-state index in [0.717, 1.165) is 66.1 Å². The van der Waals surface area contributed by atoms with Crippen molar-refractivity contribution < 1.29 is 4.79 Å². The van der Waals surface area contributed by atoms with Gasteiger partial charge >= 0.3 is 0 Å². The van der Waals surface area contributed by atoms with Gasteiger partial charge in [0.15, 0.2) is 0 Å². The van der Waals surface area contributed by atoms with E-state index in [-0.39, 0.29) is 11.8 Å². The molecular formula is C23H28N4O. The van der Waals surface area contributed by atoms with Crippen LogP contribution in [0.1, 0.15) is 35.4 Å². The molecule has 0 unspecified atom stereocenters. The average molecular weight is 377 g/mol. The summed E-state index contributed by atoms with van der Waals surface area (Å²) >= 11 is 0. The molecule has 2 aromatic carbocycles. The zero-order chi connectivity index (χ0) is 19.7. The molecule has 5 nitrogen and oxygen atoms in total. The number of amides is 1. The van der Waals surface area contributed by atoms with Crippen LogP contribution < -0.4 is 5.32 Å². The lowest BCUT2D eigenvalue weighted by molar-refractivity contribution is -0.121. The van der Waals surface area contributed by atoms with Crippen molar-refractivity contribution in [3.8, 4) is 0 Å². The third kappa shape index (κ3) is 3.94. The van der Waals surface area contributed by atoms with E-state index in [1.54, 1.807) is 0 Å². The van der Waals surface area contributed by atoms with Gasteiger partial charge in [-0.15, -0.1) is 0 Å². The molecule has 1 aliphatic rings. The van der Waals surface area contributed by atoms with Crippen LogP contribution in [0.25, 0.3) is 11.0 Å². The van der Waals surface area contributed by atoms with Crippen LogP contribution in [-0.4, -0.2) is 33.9 Å². The van der Waals surface area contributed by atoms with E-state index in [4.69, 9.17) is 0 Å². The maximum Gasteiger partial charge on any atom is 0.227 e. The Kier molecular flexibility index (Phi) is 5.18. The van der Waals surface area contributed by atoms with Crippen LogP contribution in [0.5, 0.6) is 0 Å². The number of imidazole rings is 1. The Morgan fingerprint density at radius 1 is 1.14 bits per heavy atom. The Hall–Kier alpha value is -2.66. The summed E-state index contributed by atoms with van der Waals surface area (Å²) in [6.07, 6.45) is 1.77. The number of hydrogen-bond acceptors (Lipinski definition) is 3. The van der Waals surface area contributed by atoms with Crippen LogP contribution >= 0.6 is 0 Å². The fourth-order valence-electron chi connectivity index (χ4n) is 4.25. The molecule has 4 rings (SSSR count). The number of benzene rings is 2. The van der Waals surface area contributed by atoms with Gasteiger partial charge in [0.05, 0.1) is 17.6 Å². The molecule has 146 valence electrons. The standard InChI is InChI=1S/C23H28N4O/c1-15-12-16(2)22(17(3)13-15)26-23(28)18-8-10-27(11-9-18)14-21-24-19-6-4-5-7-20(19)25-21/h4-7,12-13,18H,8-11,14H2,1-3H3,(H,24,25)(H,26,28). The first-order valence-corrected chi connectivity index (χ1v) is 10.0. The summed E-state index contributed by atoms with van der Waals surface area (Å²) in [6.45, 7) is 8.85. The van der Waals surface area contributed by atoms with Gasteiger partial charge in [-0.25, -0.2) is 4.98 Å². The minimum absolute atomic E-state index is 0.0760. The number of carbonyl (C=O) groups excluding carboxylic acids is 1. The normalized spacial score (nSPS) is 15.8. The highest BCUT2D eigenvalue weighted by atomic mass is 16.1. The van der Waals surface area contributed by atoms with Crippen molar-refractivity contribution in [2.75, 3.05) is 18.4 Å². The number of aromatic nitrogens is 2. The second kappa shape index (κ2) is 7.76. The van der Waals surface area contributed by atoms with Gasteiger partial charge in [-0.1, -0.05) is 29.8 Å². The fourth-order valence-corrected chi connectivity index (χ4v) is 4.25. The molecule has 1 amide bonds. The maximum atomic E-state index is 12.8. The highest BCUT2D eigenvalue weighted by Gasteiger charge is 2.26. The van der Waals surface area contributed by atoms with E-state index in [1.165, 1.54) is 5.56 Å². The molecule has 3 aromatic rings. The first-order chi connectivity index (χ1) is 13.5. The number of piperidine rings is 1. The second-order valence-electron chi connectivity index (χ2n) is 8.01. The highest BCUT2D eigenvalue weighted by Crippen LogP contribution is 2.25. The molecule has 1 saturated heterocycles. The Labute approximate surface area is 166 Å². The lowest BCUT2D eigenvalue weighted by atomic mass is 9.95. The van der Waals surface area contributed by atoms with Crippen molar-refractivity contribution in [1.29, 1.82) is 0 Å². The van der Waals surface area contributed by atoms with Crippen molar-refractivity contribution in [3.63, 3.8) is 0 Å². The number of anilines is 1. The van der Waals surface area contributed by atoms with Crippen LogP contribution in [0.2, 0.25) is 0 Å². The van der Waals surface area contributed by atoms with Gasteiger partial charge in [0.1, 0.15) is 5.82 Å². The molecule has 0 spiro atoms. The summed E-state index contributed by atoms with van der Waals surface area (Å²) in [5.74, 6) is 1.22. The monoisotopic (exact) mass is 376 g/mol. The van der Waals surface area contributed by atoms with E-state index in [9.17, 15) is 4.79 Å². The predicted molar refractivity (Wildman–Crippen MR) is 113 cm³/mol. The molecule has 5 heteroatoms. The quantitative estimate of drug-likeness (QED) is 0.712. The number of nitrogens with zero attached hydrogens (tertiary/aromatic N) is 2. The molecule has 0 aliphatic carbocycles. The molecule has 28 heavy (non-hydrogen) atoms. The van der Waals surface area contributed by atoms with Gasteiger partial charge in [0, 0.05) is 11.6 Å². The van der Waals surface area contributed by atoms with Gasteiger partial charge in [-0.3, -0.25) is 9.69 Å². The van der Waals surface area contributed by atoms with Crippen LogP contribution in [0, 0.1) is 26.7 Å². The van der Waals surface area contributed by atoms with Gasteiger partial charge < -0.3 is 10.3 Å². The van der Waals surface area contributed by atoms with E-state index < -0.39 is 0 Å². The molecule has 0 saturated carbocycles. The van der Waals surface area contributed by atoms with Crippen LogP contribution in [-0.2, 0) is 11.3 Å². The van der Waals surface area contributed by atoms with E-state index in [0.29, 0.717) is 0 Å². The third-order valence-electron chi connectivity index (χ3n) is 5.70. The first-order valence-electron chi connectivity index (χ1n) is 10.0. The molecule has 1 aromatic heterocycles. The number of aromatic amines is 1. The minimum atomic E-state index is 0.0760. The van der Waals surface area contributed by atoms with E-state index >= 15 is 0 Å². The summed E-state index contributed by atoms with van der Waals surface area (Å²) in [6, 6.07) is 12.4. The lowest BCUT2D eigenvalue weighted by Gasteiger charge is -2.30. The number of nitrogens with one attached hydrogen (secondary N) is 2. The zero-order valence-corrected chi connectivity index (χ0v) is 16.9. The van der Waals surface area contributed by atoms with Crippen molar-refractivity contribution in [2.45, 2.75) is 40.2 Å². The Morgan fingerprint density at radius 2 is 1.82 bits per heavy atom. The zero-order valence-electron chi connectivity index (χ0n) is 16.9. The number of H-pyrrole nitrogens is 1. The molecule has 0 radical (unpaired) electrons. The lowest BCUT2D eigenvalue weighted by Crippen LogP contribution is -2.38. The number of likely N-dealkylation sites (tertiary alicyclic amines) is 1. The Morgan fingerprint density at radius 3 is 2.50 bits per heavy atom. The van der Waals surface area contributed by atoms with Gasteiger partial charge in [-0.2, -0.15) is 0 Å². The van der Waals surface area contributed by atoms with Gasteiger partial charge in [0.2, 0.25) is 5.91 Å². The summed E-state index contributed by atoms with van der Waals surface area (Å²) in [5.41, 5.74) is 6.56. The number of carbonyl (C=O) groups is 1. The van der Waals surface area contributed by atoms with Crippen LogP contribution in [0.15, 0.2) is 36.4 Å². The summed E-state index contributed by atoms with van der Waals surface area (Å²) in [4.78, 5) is 23.2. The Bertz CT molecular complexity index is 943. The number of aryl methyl sites for hydroxylation is 3. The number of rotatable bonds is 4. The average Bonchev–Trinajstić information content (AvgIpc) is 3.07. The van der Waals surface area contributed by atoms with Crippen molar-refractivity contribution in [1.82, 2.24) is 14.9 Å². The molecule has 2 heterocycles. The summed E-state index contributed by atoms with van der Waals surface area (Å²) in [5, 5.41) is 3.18. The number of hydrogen-bond donors (Lipinski definition) is 2. The molecule has 1 aliphatic heterocycles. The van der Waals surface area contributed by atoms with E-state index in [2.05, 4.69) is 59.2 Å². The topological polar surface area (TPSA) is 61.0 Å². The molecule has 0 atom stereocenters. The van der Waals surface area contributed by atoms with Crippen molar-refractivity contribution >= 4 is 22.6 Å². The van der Waals surface area contributed by atoms with Gasteiger partial charge in [0.25, 0.3) is 0 Å². The molecule has 0 bridgehead atoms. The molecule has 2 N–H and O–H groups in total. The number of para-hydroxylation sites is 2. The first kappa shape index (κ1) is 18.7. The van der Waals surface area contributed by atoms with Gasteiger partial charge in [-0.05, 0) is 70.0 Å². The molecular weight excluding hydrogens is 348 g/mol. The minimum Gasteiger partial charge on any atom is -0.341 e. The van der Waals surface area contributed by atoms with Crippen molar-refractivity contribution in [3.05, 3.63) is 58.9 Å². The summed E-state index contributed by atoms with van der Waals surface area (Å²) in [7, 11) is 0. The number of fused-ring (bicyclic) bond motifs is 1. The third-order valence-corrected chi connectivity index (χ3v) is 5.70. The highest BCUT2D eigenvalue weighted by molar-refractivity contribution is 5.94. The largest absolute Gasteiger partial charge is 0.341 e. The fraction of sp³-hybridized carbons (Fsp3) is 0.391. The predicted octanol–water partition coefficient (Wildman–Crippen LogP) is 4.34. The van der Waals surface area contributed by atoms with E-state index in [1.807, 2.05) is 18.2 Å².